The Hall–Kier alpha value is -3.76. The highest BCUT2D eigenvalue weighted by Crippen LogP contribution is 2.48. The van der Waals surface area contributed by atoms with Crippen LogP contribution < -0.4 is 9.80 Å². The van der Waals surface area contributed by atoms with Crippen molar-refractivity contribution in [2.45, 2.75) is 44.6 Å². The average Bonchev–Trinajstić information content (AvgIpc) is 3.74. The number of piperidine rings is 1. The molecule has 0 bridgehead atoms. The average molecular weight is 629 g/mol. The van der Waals surface area contributed by atoms with Gasteiger partial charge in [0, 0.05) is 78.5 Å². The van der Waals surface area contributed by atoms with Crippen LogP contribution >= 0.6 is 11.6 Å². The number of benzene rings is 2. The van der Waals surface area contributed by atoms with E-state index in [1.165, 1.54) is 6.08 Å². The fourth-order valence-electron chi connectivity index (χ4n) is 7.50. The van der Waals surface area contributed by atoms with Gasteiger partial charge >= 0.3 is 0 Å². The lowest BCUT2D eigenvalue weighted by atomic mass is 9.72. The molecule has 1 spiro atoms. The number of aromatic nitrogens is 4. The maximum atomic E-state index is 17.1. The van der Waals surface area contributed by atoms with Crippen molar-refractivity contribution in [1.29, 1.82) is 0 Å². The second-order valence-corrected chi connectivity index (χ2v) is 14.2. The van der Waals surface area contributed by atoms with Crippen molar-refractivity contribution in [2.24, 2.45) is 5.41 Å². The van der Waals surface area contributed by atoms with Crippen molar-refractivity contribution in [1.82, 2.24) is 30.0 Å². The van der Waals surface area contributed by atoms with Crippen LogP contribution in [-0.2, 0) is 4.79 Å². The van der Waals surface area contributed by atoms with E-state index in [0.29, 0.717) is 39.4 Å². The minimum absolute atomic E-state index is 0.00779. The molecule has 4 aromatic rings. The number of fused-ring (bicyclic) bond motifs is 2. The van der Waals surface area contributed by atoms with Gasteiger partial charge in [0.1, 0.15) is 11.3 Å². The Labute approximate surface area is 267 Å². The standard InChI is InChI=1S/C34H38ClFN8O/c1-5-25(45)44-17-34(18-44)10-12-42(13-11-34)32-22-14-23(35)27(26-19(2)6-9-24-28(26)30(40-39-24)20-7-8-20)29(36)31(22)37-33(38-32)43-15-21(16-43)41(3)4/h5-6,9,14,20-21H,1,7-8,10-13,15-18H2,2-4H3,(H,39,40). The summed E-state index contributed by atoms with van der Waals surface area (Å²) in [6.45, 7) is 10.3. The summed E-state index contributed by atoms with van der Waals surface area (Å²) in [5.74, 6) is 1.23. The van der Waals surface area contributed by atoms with Crippen molar-refractivity contribution in [3.8, 4) is 11.1 Å². The van der Waals surface area contributed by atoms with Crippen LogP contribution in [0.4, 0.5) is 16.2 Å². The number of amides is 1. The molecule has 11 heteroatoms. The molecule has 0 atom stereocenters. The van der Waals surface area contributed by atoms with Gasteiger partial charge in [0.05, 0.1) is 16.2 Å². The van der Waals surface area contributed by atoms with Gasteiger partial charge in [0.2, 0.25) is 11.9 Å². The summed E-state index contributed by atoms with van der Waals surface area (Å²) in [5.41, 5.74) is 4.40. The number of hydrogen-bond acceptors (Lipinski definition) is 7. The minimum atomic E-state index is -0.420. The van der Waals surface area contributed by atoms with Gasteiger partial charge in [0.25, 0.3) is 0 Å². The zero-order valence-corrected chi connectivity index (χ0v) is 26.8. The summed E-state index contributed by atoms with van der Waals surface area (Å²) >= 11 is 7.07. The van der Waals surface area contributed by atoms with E-state index >= 15 is 4.39 Å². The normalized spacial score (nSPS) is 19.9. The summed E-state index contributed by atoms with van der Waals surface area (Å²) < 4.78 is 17.1. The van der Waals surface area contributed by atoms with Crippen LogP contribution in [0.2, 0.25) is 5.02 Å². The number of aromatic amines is 1. The predicted octanol–water partition coefficient (Wildman–Crippen LogP) is 5.52. The Kier molecular flexibility index (Phi) is 6.62. The molecule has 0 radical (unpaired) electrons. The van der Waals surface area contributed by atoms with Crippen LogP contribution in [0.1, 0.15) is 42.9 Å². The van der Waals surface area contributed by atoms with Crippen LogP contribution in [0.3, 0.4) is 0 Å². The van der Waals surface area contributed by atoms with E-state index in [-0.39, 0.29) is 11.3 Å². The molecular formula is C34H38ClFN8O. The van der Waals surface area contributed by atoms with Crippen molar-refractivity contribution >= 4 is 51.1 Å². The Balaban J connectivity index is 1.23. The second-order valence-electron chi connectivity index (χ2n) is 13.8. The number of hydrogen-bond donors (Lipinski definition) is 1. The number of rotatable bonds is 6. The van der Waals surface area contributed by atoms with Crippen molar-refractivity contribution < 1.29 is 9.18 Å². The third-order valence-electron chi connectivity index (χ3n) is 10.6. The first-order valence-corrected chi connectivity index (χ1v) is 16.3. The molecule has 9 nitrogen and oxygen atoms in total. The smallest absolute Gasteiger partial charge is 0.245 e. The summed E-state index contributed by atoms with van der Waals surface area (Å²) in [5, 5.41) is 9.74. The van der Waals surface area contributed by atoms with E-state index in [0.717, 1.165) is 98.5 Å². The quantitative estimate of drug-likeness (QED) is 0.282. The van der Waals surface area contributed by atoms with Crippen molar-refractivity contribution in [3.63, 3.8) is 0 Å². The van der Waals surface area contributed by atoms with E-state index in [1.54, 1.807) is 0 Å². The number of H-pyrrole nitrogens is 1. The number of carbonyl (C=O) groups is 1. The number of likely N-dealkylation sites (N-methyl/N-ethyl adjacent to an activating group) is 1. The maximum absolute atomic E-state index is 17.1. The molecule has 3 aliphatic heterocycles. The first-order valence-electron chi connectivity index (χ1n) is 15.9. The number of likely N-dealkylation sites (tertiary alicyclic amines) is 1. The molecule has 1 amide bonds. The van der Waals surface area contributed by atoms with Crippen LogP contribution in [0.25, 0.3) is 32.9 Å². The van der Waals surface area contributed by atoms with Crippen molar-refractivity contribution in [3.05, 3.63) is 53.0 Å². The summed E-state index contributed by atoms with van der Waals surface area (Å²) in [6, 6.07) is 6.27. The Bertz CT molecular complexity index is 1860. The zero-order valence-electron chi connectivity index (χ0n) is 26.0. The lowest BCUT2D eigenvalue weighted by Gasteiger charge is -2.54. The minimum Gasteiger partial charge on any atom is -0.356 e. The van der Waals surface area contributed by atoms with E-state index in [1.807, 2.05) is 30.0 Å². The van der Waals surface area contributed by atoms with E-state index in [2.05, 4.69) is 45.6 Å². The molecule has 4 fully saturated rings. The molecule has 0 unspecified atom stereocenters. The number of nitrogens with one attached hydrogen (secondary N) is 1. The van der Waals surface area contributed by atoms with Gasteiger partial charge in [-0.25, -0.2) is 9.37 Å². The molecule has 4 aliphatic rings. The van der Waals surface area contributed by atoms with Gasteiger partial charge in [0.15, 0.2) is 5.82 Å². The molecule has 1 saturated carbocycles. The molecule has 8 rings (SSSR count). The van der Waals surface area contributed by atoms with Gasteiger partial charge in [-0.05, 0) is 70.5 Å². The predicted molar refractivity (Wildman–Crippen MR) is 177 cm³/mol. The molecule has 1 aliphatic carbocycles. The highest BCUT2D eigenvalue weighted by atomic mass is 35.5. The summed E-state index contributed by atoms with van der Waals surface area (Å²) in [4.78, 5) is 30.5. The summed E-state index contributed by atoms with van der Waals surface area (Å²) in [6.07, 6.45) is 5.43. The van der Waals surface area contributed by atoms with Gasteiger partial charge in [-0.2, -0.15) is 10.1 Å². The number of carbonyl (C=O) groups excluding carboxylic acids is 1. The number of halogens is 2. The number of anilines is 2. The van der Waals surface area contributed by atoms with Crippen molar-refractivity contribution in [2.75, 3.05) is 63.2 Å². The largest absolute Gasteiger partial charge is 0.356 e. The van der Waals surface area contributed by atoms with E-state index in [4.69, 9.17) is 21.6 Å². The van der Waals surface area contributed by atoms with E-state index < -0.39 is 5.82 Å². The Morgan fingerprint density at radius 1 is 1.13 bits per heavy atom. The highest BCUT2D eigenvalue weighted by molar-refractivity contribution is 6.35. The topological polar surface area (TPSA) is 84.5 Å². The van der Waals surface area contributed by atoms with Crippen LogP contribution in [-0.4, -0.2) is 95.3 Å². The monoisotopic (exact) mass is 628 g/mol. The fraction of sp³-hybridized carbons (Fsp3) is 0.471. The van der Waals surface area contributed by atoms with Crippen LogP contribution in [0.15, 0.2) is 30.9 Å². The molecule has 1 N–H and O–H groups in total. The second kappa shape index (κ2) is 10.4. The first-order chi connectivity index (χ1) is 21.7. The van der Waals surface area contributed by atoms with E-state index in [9.17, 15) is 4.79 Å². The third kappa shape index (κ3) is 4.59. The SMILES string of the molecule is C=CC(=O)N1CC2(CCN(c3nc(N4CC(N(C)C)C4)nc4c(F)c(-c5c(C)ccc6[nH]nc(C7CC7)c56)c(Cl)cc34)CC2)C1. The molecule has 234 valence electrons. The number of nitrogens with zero attached hydrogens (tertiary/aromatic N) is 7. The van der Waals surface area contributed by atoms with Gasteiger partial charge in [-0.1, -0.05) is 24.2 Å². The number of aryl methyl sites for hydroxylation is 1. The zero-order chi connectivity index (χ0) is 31.2. The van der Waals surface area contributed by atoms with Crippen LogP contribution in [0, 0.1) is 18.2 Å². The van der Waals surface area contributed by atoms with Gasteiger partial charge in [-0.15, -0.1) is 0 Å². The lowest BCUT2D eigenvalue weighted by molar-refractivity contribution is -0.139. The Morgan fingerprint density at radius 2 is 1.87 bits per heavy atom. The molecule has 45 heavy (non-hydrogen) atoms. The molecular weight excluding hydrogens is 591 g/mol. The summed E-state index contributed by atoms with van der Waals surface area (Å²) in [7, 11) is 4.15. The van der Waals surface area contributed by atoms with Gasteiger partial charge < -0.3 is 19.6 Å². The molecule has 5 heterocycles. The van der Waals surface area contributed by atoms with Gasteiger partial charge in [-0.3, -0.25) is 9.89 Å². The lowest BCUT2D eigenvalue weighted by Crippen LogP contribution is -2.61. The highest BCUT2D eigenvalue weighted by Gasteiger charge is 2.46. The third-order valence-corrected chi connectivity index (χ3v) is 10.9. The molecule has 3 saturated heterocycles. The van der Waals surface area contributed by atoms with Crippen LogP contribution in [0.5, 0.6) is 0 Å². The maximum Gasteiger partial charge on any atom is 0.245 e. The molecule has 2 aromatic heterocycles. The first kappa shape index (κ1) is 28.7. The molecule has 2 aromatic carbocycles. The fourth-order valence-corrected chi connectivity index (χ4v) is 7.79. The Morgan fingerprint density at radius 3 is 2.53 bits per heavy atom.